The van der Waals surface area contributed by atoms with Gasteiger partial charge in [0.05, 0.1) is 4.92 Å². The standard InChI is InChI=1S/C8H8INO2/c1-5-3-6(2)8(10(11)12)4-7(5)9/h3-4H,1-2H3. The third kappa shape index (κ3) is 1.74. The summed E-state index contributed by atoms with van der Waals surface area (Å²) in [7, 11) is 0. The van der Waals surface area contributed by atoms with E-state index in [1.807, 2.05) is 13.0 Å². The number of nitro groups is 1. The maximum absolute atomic E-state index is 10.5. The van der Waals surface area contributed by atoms with Crippen molar-refractivity contribution in [3.63, 3.8) is 0 Å². The van der Waals surface area contributed by atoms with E-state index in [1.165, 1.54) is 0 Å². The lowest BCUT2D eigenvalue weighted by Crippen LogP contribution is -1.93. The van der Waals surface area contributed by atoms with Crippen LogP contribution in [0.5, 0.6) is 0 Å². The second kappa shape index (κ2) is 3.38. The second-order valence-electron chi connectivity index (χ2n) is 2.64. The van der Waals surface area contributed by atoms with Gasteiger partial charge >= 0.3 is 0 Å². The molecular formula is C8H8INO2. The summed E-state index contributed by atoms with van der Waals surface area (Å²) in [6.07, 6.45) is 0. The van der Waals surface area contributed by atoms with Crippen LogP contribution in [0.4, 0.5) is 5.69 Å². The highest BCUT2D eigenvalue weighted by atomic mass is 127. The molecule has 0 aliphatic carbocycles. The van der Waals surface area contributed by atoms with Crippen molar-refractivity contribution in [3.05, 3.63) is 36.9 Å². The van der Waals surface area contributed by atoms with Crippen LogP contribution in [0.25, 0.3) is 0 Å². The molecule has 0 aliphatic heterocycles. The van der Waals surface area contributed by atoms with Crippen LogP contribution < -0.4 is 0 Å². The summed E-state index contributed by atoms with van der Waals surface area (Å²) in [6, 6.07) is 3.44. The minimum atomic E-state index is -0.350. The minimum Gasteiger partial charge on any atom is -0.258 e. The Morgan fingerprint density at radius 3 is 2.42 bits per heavy atom. The van der Waals surface area contributed by atoms with Crippen LogP contribution in [0, 0.1) is 27.5 Å². The van der Waals surface area contributed by atoms with Gasteiger partial charge in [0.2, 0.25) is 0 Å². The van der Waals surface area contributed by atoms with E-state index in [9.17, 15) is 10.1 Å². The van der Waals surface area contributed by atoms with Crippen LogP contribution in [0.2, 0.25) is 0 Å². The molecule has 0 radical (unpaired) electrons. The van der Waals surface area contributed by atoms with Crippen molar-refractivity contribution < 1.29 is 4.92 Å². The highest BCUT2D eigenvalue weighted by Gasteiger charge is 2.11. The smallest absolute Gasteiger partial charge is 0.258 e. The zero-order valence-electron chi connectivity index (χ0n) is 6.80. The van der Waals surface area contributed by atoms with Gasteiger partial charge in [-0.2, -0.15) is 0 Å². The zero-order chi connectivity index (χ0) is 9.30. The number of rotatable bonds is 1. The molecule has 0 spiro atoms. The second-order valence-corrected chi connectivity index (χ2v) is 3.81. The van der Waals surface area contributed by atoms with Crippen LogP contribution in [-0.2, 0) is 0 Å². The maximum atomic E-state index is 10.5. The van der Waals surface area contributed by atoms with Gasteiger partial charge in [-0.25, -0.2) is 0 Å². The quantitative estimate of drug-likeness (QED) is 0.450. The molecule has 0 saturated heterocycles. The molecule has 4 heteroatoms. The van der Waals surface area contributed by atoms with Crippen LogP contribution in [0.1, 0.15) is 11.1 Å². The lowest BCUT2D eigenvalue weighted by molar-refractivity contribution is -0.385. The van der Waals surface area contributed by atoms with Crippen LogP contribution in [-0.4, -0.2) is 4.92 Å². The normalized spacial score (nSPS) is 9.92. The van der Waals surface area contributed by atoms with Gasteiger partial charge in [-0.3, -0.25) is 10.1 Å². The first-order chi connectivity index (χ1) is 5.52. The number of hydrogen-bond donors (Lipinski definition) is 0. The van der Waals surface area contributed by atoms with Crippen molar-refractivity contribution in [2.24, 2.45) is 0 Å². The molecule has 0 bridgehead atoms. The molecule has 64 valence electrons. The summed E-state index contributed by atoms with van der Waals surface area (Å²) in [4.78, 5) is 10.1. The fraction of sp³-hybridized carbons (Fsp3) is 0.250. The first-order valence-electron chi connectivity index (χ1n) is 3.43. The molecule has 0 N–H and O–H groups in total. The van der Waals surface area contributed by atoms with E-state index in [4.69, 9.17) is 0 Å². The van der Waals surface area contributed by atoms with Gasteiger partial charge in [0.1, 0.15) is 0 Å². The monoisotopic (exact) mass is 277 g/mol. The largest absolute Gasteiger partial charge is 0.273 e. The van der Waals surface area contributed by atoms with Crippen LogP contribution >= 0.6 is 22.6 Å². The molecule has 0 heterocycles. The van der Waals surface area contributed by atoms with Gasteiger partial charge in [-0.1, -0.05) is 0 Å². The fourth-order valence-electron chi connectivity index (χ4n) is 1.01. The van der Waals surface area contributed by atoms with Crippen LogP contribution in [0.3, 0.4) is 0 Å². The van der Waals surface area contributed by atoms with Crippen molar-refractivity contribution in [1.29, 1.82) is 0 Å². The summed E-state index contributed by atoms with van der Waals surface area (Å²) in [5.74, 6) is 0. The molecule has 12 heavy (non-hydrogen) atoms. The van der Waals surface area contributed by atoms with E-state index in [0.717, 1.165) is 14.7 Å². The van der Waals surface area contributed by atoms with Gasteiger partial charge in [0.25, 0.3) is 5.69 Å². The average molecular weight is 277 g/mol. The van der Waals surface area contributed by atoms with Gasteiger partial charge in [-0.05, 0) is 48.1 Å². The average Bonchev–Trinajstić information content (AvgIpc) is 1.96. The third-order valence-electron chi connectivity index (χ3n) is 1.67. The molecule has 0 fully saturated rings. The molecule has 1 aromatic rings. The summed E-state index contributed by atoms with van der Waals surface area (Å²) < 4.78 is 0.935. The Morgan fingerprint density at radius 2 is 1.92 bits per heavy atom. The van der Waals surface area contributed by atoms with Gasteiger partial charge < -0.3 is 0 Å². The van der Waals surface area contributed by atoms with Crippen molar-refractivity contribution >= 4 is 28.3 Å². The molecular weight excluding hydrogens is 269 g/mol. The Morgan fingerprint density at radius 1 is 1.33 bits per heavy atom. The topological polar surface area (TPSA) is 43.1 Å². The van der Waals surface area contributed by atoms with Gasteiger partial charge in [0.15, 0.2) is 0 Å². The Labute approximate surface area is 84.1 Å². The zero-order valence-corrected chi connectivity index (χ0v) is 8.95. The van der Waals surface area contributed by atoms with E-state index < -0.39 is 0 Å². The fourth-order valence-corrected chi connectivity index (χ4v) is 1.46. The SMILES string of the molecule is Cc1cc(C)c([N+](=O)[O-])cc1I. The van der Waals surface area contributed by atoms with E-state index in [1.54, 1.807) is 13.0 Å². The number of hydrogen-bond acceptors (Lipinski definition) is 2. The van der Waals surface area contributed by atoms with E-state index in [2.05, 4.69) is 22.6 Å². The first-order valence-corrected chi connectivity index (χ1v) is 4.51. The van der Waals surface area contributed by atoms with Gasteiger partial charge in [-0.15, -0.1) is 0 Å². The Balaban J connectivity index is 3.33. The van der Waals surface area contributed by atoms with Gasteiger partial charge in [0, 0.05) is 15.2 Å². The summed E-state index contributed by atoms with van der Waals surface area (Å²) in [5, 5.41) is 10.5. The van der Waals surface area contributed by atoms with Crippen molar-refractivity contribution in [3.8, 4) is 0 Å². The molecule has 0 unspecified atom stereocenters. The highest BCUT2D eigenvalue weighted by Crippen LogP contribution is 2.23. The molecule has 0 amide bonds. The highest BCUT2D eigenvalue weighted by molar-refractivity contribution is 14.1. The molecule has 3 nitrogen and oxygen atoms in total. The molecule has 0 atom stereocenters. The van der Waals surface area contributed by atoms with Crippen molar-refractivity contribution in [1.82, 2.24) is 0 Å². The number of benzene rings is 1. The Kier molecular flexibility index (Phi) is 2.66. The third-order valence-corrected chi connectivity index (χ3v) is 2.84. The molecule has 0 aliphatic rings. The predicted octanol–water partition coefficient (Wildman–Crippen LogP) is 2.82. The number of aryl methyl sites for hydroxylation is 2. The maximum Gasteiger partial charge on any atom is 0.273 e. The molecule has 0 saturated carbocycles. The molecule has 1 aromatic carbocycles. The number of halogens is 1. The lowest BCUT2D eigenvalue weighted by atomic mass is 10.1. The summed E-state index contributed by atoms with van der Waals surface area (Å²) in [5.41, 5.74) is 2.00. The van der Waals surface area contributed by atoms with E-state index in [0.29, 0.717) is 0 Å². The minimum absolute atomic E-state index is 0.199. The summed E-state index contributed by atoms with van der Waals surface area (Å²) in [6.45, 7) is 3.69. The molecule has 1 rings (SSSR count). The van der Waals surface area contributed by atoms with Crippen molar-refractivity contribution in [2.75, 3.05) is 0 Å². The van der Waals surface area contributed by atoms with Crippen molar-refractivity contribution in [2.45, 2.75) is 13.8 Å². The Hall–Kier alpha value is -0.650. The Bertz CT molecular complexity index is 336. The predicted molar refractivity (Wildman–Crippen MR) is 55.3 cm³/mol. The number of nitro benzene ring substituents is 1. The van der Waals surface area contributed by atoms with E-state index in [-0.39, 0.29) is 10.6 Å². The van der Waals surface area contributed by atoms with E-state index >= 15 is 0 Å². The summed E-state index contributed by atoms with van der Waals surface area (Å²) >= 11 is 2.10. The van der Waals surface area contributed by atoms with Crippen LogP contribution in [0.15, 0.2) is 12.1 Å². The first kappa shape index (κ1) is 9.44. The number of nitrogens with zero attached hydrogens (tertiary/aromatic N) is 1. The lowest BCUT2D eigenvalue weighted by Gasteiger charge is -2.00. The molecule has 0 aromatic heterocycles.